The Morgan fingerprint density at radius 3 is 1.69 bits per heavy atom. The van der Waals surface area contributed by atoms with Crippen LogP contribution in [-0.2, 0) is 5.41 Å². The summed E-state index contributed by atoms with van der Waals surface area (Å²) in [5.41, 5.74) is 20.8. The maximum atomic E-state index is 6.88. The number of aromatic nitrogens is 1. The molecule has 0 saturated carbocycles. The summed E-state index contributed by atoms with van der Waals surface area (Å²) < 4.78 is 9.27. The van der Waals surface area contributed by atoms with E-state index in [4.69, 9.17) is 4.42 Å². The lowest BCUT2D eigenvalue weighted by Gasteiger charge is -2.32. The summed E-state index contributed by atoms with van der Waals surface area (Å²) in [7, 11) is 0. The average molecular weight is 865 g/mol. The molecule has 11 aromatic carbocycles. The molecular weight excluding hydrogens is 825 g/mol. The van der Waals surface area contributed by atoms with E-state index in [1.54, 1.807) is 0 Å². The van der Waals surface area contributed by atoms with Gasteiger partial charge in [-0.05, 0) is 116 Å². The number of anilines is 3. The number of furan rings is 1. The normalized spacial score (nSPS) is 13.1. The summed E-state index contributed by atoms with van der Waals surface area (Å²) in [6.07, 6.45) is 0. The molecule has 0 saturated heterocycles. The Morgan fingerprint density at radius 2 is 0.956 bits per heavy atom. The average Bonchev–Trinajstić information content (AvgIpc) is 4.14. The molecule has 2 aromatic heterocycles. The molecule has 0 bridgehead atoms. The summed E-state index contributed by atoms with van der Waals surface area (Å²) in [4.78, 5) is 2.49. The van der Waals surface area contributed by atoms with Gasteiger partial charge in [0.2, 0.25) is 0 Å². The van der Waals surface area contributed by atoms with E-state index in [2.05, 4.69) is 252 Å². The maximum absolute atomic E-state index is 6.88. The van der Waals surface area contributed by atoms with E-state index >= 15 is 0 Å². The van der Waals surface area contributed by atoms with E-state index in [1.165, 1.54) is 66.3 Å². The van der Waals surface area contributed by atoms with Crippen molar-refractivity contribution in [2.24, 2.45) is 0 Å². The van der Waals surface area contributed by atoms with Crippen molar-refractivity contribution in [3.8, 4) is 39.1 Å². The van der Waals surface area contributed by atoms with E-state index in [-0.39, 0.29) is 0 Å². The van der Waals surface area contributed by atoms with E-state index in [9.17, 15) is 0 Å². The van der Waals surface area contributed by atoms with Crippen LogP contribution in [0.1, 0.15) is 22.3 Å². The molecule has 1 spiro atoms. The SMILES string of the molecule is c1cc(-c2ccc(N(c3cccc4c3-c3ccccc3C43c4ccccc4-c4ccccc43)c3cccc4oc5c6ccccc6ccc5c34)cc2)cc(-n2c3ccccc3c3ccccc32)c1. The molecule has 316 valence electrons. The number of nitrogens with zero attached hydrogens (tertiary/aromatic N) is 2. The van der Waals surface area contributed by atoms with Gasteiger partial charge in [-0.2, -0.15) is 0 Å². The van der Waals surface area contributed by atoms with E-state index < -0.39 is 5.41 Å². The van der Waals surface area contributed by atoms with Crippen molar-refractivity contribution in [3.63, 3.8) is 0 Å². The Balaban J connectivity index is 0.963. The molecule has 0 amide bonds. The molecule has 0 fully saturated rings. The Hall–Kier alpha value is -8.92. The highest BCUT2D eigenvalue weighted by Crippen LogP contribution is 2.65. The third kappa shape index (κ3) is 4.97. The summed E-state index contributed by atoms with van der Waals surface area (Å²) in [5, 5.41) is 6.98. The minimum absolute atomic E-state index is 0.473. The number of rotatable bonds is 5. The first kappa shape index (κ1) is 37.3. The molecule has 3 nitrogen and oxygen atoms in total. The molecule has 0 aliphatic heterocycles. The zero-order chi connectivity index (χ0) is 44.5. The monoisotopic (exact) mass is 864 g/mol. The predicted octanol–water partition coefficient (Wildman–Crippen LogP) is 17.3. The van der Waals surface area contributed by atoms with Crippen molar-refractivity contribution >= 4 is 71.6 Å². The first-order valence-electron chi connectivity index (χ1n) is 23.5. The zero-order valence-electron chi connectivity index (χ0n) is 36.9. The molecule has 0 N–H and O–H groups in total. The van der Waals surface area contributed by atoms with Crippen LogP contribution >= 0.6 is 0 Å². The molecule has 2 aliphatic rings. The number of para-hydroxylation sites is 2. The fourth-order valence-corrected chi connectivity index (χ4v) is 12.3. The van der Waals surface area contributed by atoms with Crippen LogP contribution < -0.4 is 4.90 Å². The number of benzene rings is 11. The van der Waals surface area contributed by atoms with Crippen molar-refractivity contribution in [1.82, 2.24) is 4.57 Å². The van der Waals surface area contributed by atoms with Crippen molar-refractivity contribution < 1.29 is 4.42 Å². The van der Waals surface area contributed by atoms with Crippen LogP contribution in [0.4, 0.5) is 17.1 Å². The second-order valence-corrected chi connectivity index (χ2v) is 18.3. The topological polar surface area (TPSA) is 21.3 Å². The summed E-state index contributed by atoms with van der Waals surface area (Å²) in [5.74, 6) is 0. The van der Waals surface area contributed by atoms with Crippen molar-refractivity contribution in [1.29, 1.82) is 0 Å². The van der Waals surface area contributed by atoms with E-state index in [1.807, 2.05) is 0 Å². The summed E-state index contributed by atoms with van der Waals surface area (Å²) in [6.45, 7) is 0. The van der Waals surface area contributed by atoms with E-state index in [0.29, 0.717) is 0 Å². The predicted molar refractivity (Wildman–Crippen MR) is 282 cm³/mol. The van der Waals surface area contributed by atoms with Gasteiger partial charge in [0, 0.05) is 38.5 Å². The number of hydrogen-bond acceptors (Lipinski definition) is 2. The third-order valence-corrected chi connectivity index (χ3v) is 15.0. The van der Waals surface area contributed by atoms with Gasteiger partial charge in [-0.15, -0.1) is 0 Å². The Bertz CT molecular complexity index is 4130. The van der Waals surface area contributed by atoms with Crippen molar-refractivity contribution in [2.45, 2.75) is 5.41 Å². The highest BCUT2D eigenvalue weighted by molar-refractivity contribution is 6.20. The van der Waals surface area contributed by atoms with Crippen molar-refractivity contribution in [2.75, 3.05) is 4.90 Å². The van der Waals surface area contributed by atoms with Crippen LogP contribution in [0.25, 0.3) is 93.6 Å². The van der Waals surface area contributed by atoms with E-state index in [0.717, 1.165) is 66.6 Å². The smallest absolute Gasteiger partial charge is 0.143 e. The second kappa shape index (κ2) is 14.0. The summed E-state index contributed by atoms with van der Waals surface area (Å²) >= 11 is 0. The molecule has 0 unspecified atom stereocenters. The lowest BCUT2D eigenvalue weighted by Crippen LogP contribution is -2.26. The first-order chi connectivity index (χ1) is 33.8. The first-order valence-corrected chi connectivity index (χ1v) is 23.5. The minimum atomic E-state index is -0.473. The molecule has 3 heteroatoms. The van der Waals surface area contributed by atoms with Crippen LogP contribution in [0, 0.1) is 0 Å². The molecule has 0 radical (unpaired) electrons. The maximum Gasteiger partial charge on any atom is 0.143 e. The Morgan fingerprint density at radius 1 is 0.382 bits per heavy atom. The van der Waals surface area contributed by atoms with Gasteiger partial charge in [0.15, 0.2) is 0 Å². The number of hydrogen-bond donors (Lipinski definition) is 0. The quantitative estimate of drug-likeness (QED) is 0.172. The highest BCUT2D eigenvalue weighted by atomic mass is 16.3. The van der Waals surface area contributed by atoms with Gasteiger partial charge in [-0.25, -0.2) is 0 Å². The van der Waals surface area contributed by atoms with Crippen LogP contribution in [0.5, 0.6) is 0 Å². The lowest BCUT2D eigenvalue weighted by atomic mass is 9.70. The van der Waals surface area contributed by atoms with Gasteiger partial charge < -0.3 is 13.9 Å². The van der Waals surface area contributed by atoms with Gasteiger partial charge in [-0.3, -0.25) is 0 Å². The molecule has 15 rings (SSSR count). The Labute approximate surface area is 393 Å². The minimum Gasteiger partial charge on any atom is -0.455 e. The Kier molecular flexibility index (Phi) is 7.71. The molecule has 68 heavy (non-hydrogen) atoms. The molecule has 13 aromatic rings. The van der Waals surface area contributed by atoms with Gasteiger partial charge in [0.05, 0.1) is 33.2 Å². The van der Waals surface area contributed by atoms with Gasteiger partial charge in [0.25, 0.3) is 0 Å². The second-order valence-electron chi connectivity index (χ2n) is 18.3. The third-order valence-electron chi connectivity index (χ3n) is 15.0. The van der Waals surface area contributed by atoms with Gasteiger partial charge in [0.1, 0.15) is 11.2 Å². The number of fused-ring (bicyclic) bond motifs is 18. The van der Waals surface area contributed by atoms with Crippen LogP contribution in [0.15, 0.2) is 247 Å². The van der Waals surface area contributed by atoms with Crippen LogP contribution in [-0.4, -0.2) is 4.57 Å². The molecular formula is C65H40N2O. The van der Waals surface area contributed by atoms with Gasteiger partial charge >= 0.3 is 0 Å². The highest BCUT2D eigenvalue weighted by Gasteiger charge is 2.52. The standard InChI is InChI=1S/C65H40N2O/c1-2-19-46-42(16-1)36-39-52-63-60(32-15-33-61(63)68-64(46)52)66(44-37-34-41(35-38-44)43-17-13-18-45(40-43)67-57-29-11-6-22-49(57)50-23-7-12-30-58(50)67)59-31-14-28-56-62(59)51-24-5-10-27-55(51)65(56)53-25-8-3-20-47(53)48-21-4-9-26-54(48)65/h1-40H. The molecule has 2 heterocycles. The summed E-state index contributed by atoms with van der Waals surface area (Å²) in [6, 6.07) is 89.2. The molecule has 2 aliphatic carbocycles. The zero-order valence-corrected chi connectivity index (χ0v) is 36.9. The van der Waals surface area contributed by atoms with Crippen molar-refractivity contribution in [3.05, 3.63) is 265 Å². The van der Waals surface area contributed by atoms with Crippen LogP contribution in [0.2, 0.25) is 0 Å². The lowest BCUT2D eigenvalue weighted by molar-refractivity contribution is 0.672. The largest absolute Gasteiger partial charge is 0.455 e. The fourth-order valence-electron chi connectivity index (χ4n) is 12.3. The fraction of sp³-hybridized carbons (Fsp3) is 0.0154. The van der Waals surface area contributed by atoms with Crippen LogP contribution in [0.3, 0.4) is 0 Å². The van der Waals surface area contributed by atoms with Gasteiger partial charge in [-0.1, -0.05) is 182 Å². The molecule has 0 atom stereocenters.